The molecule has 0 spiro atoms. The number of ether oxygens (including phenoxy) is 2. The molecule has 4 rings (SSSR count). The van der Waals surface area contributed by atoms with Crippen LogP contribution in [0.1, 0.15) is 21.5 Å². The van der Waals surface area contributed by atoms with Gasteiger partial charge in [0, 0.05) is 11.6 Å². The number of pyridine rings is 1. The number of aromatic nitrogens is 1. The maximum atomic E-state index is 13.2. The summed E-state index contributed by atoms with van der Waals surface area (Å²) in [6, 6.07) is 20.0. The van der Waals surface area contributed by atoms with Crippen LogP contribution in [-0.2, 0) is 11.2 Å². The molecule has 1 heterocycles. The Morgan fingerprint density at radius 3 is 2.37 bits per heavy atom. The number of benzene rings is 3. The first-order valence-corrected chi connectivity index (χ1v) is 9.48. The van der Waals surface area contributed by atoms with Gasteiger partial charge >= 0.3 is 5.97 Å². The molecule has 0 fully saturated rings. The van der Waals surface area contributed by atoms with Crippen molar-refractivity contribution in [2.24, 2.45) is 0 Å². The Bertz CT molecular complexity index is 1200. The maximum absolute atomic E-state index is 13.2. The molecule has 4 nitrogen and oxygen atoms in total. The molecule has 0 radical (unpaired) electrons. The highest BCUT2D eigenvalue weighted by atomic mass is 19.1. The van der Waals surface area contributed by atoms with Crippen molar-refractivity contribution >= 4 is 16.9 Å². The van der Waals surface area contributed by atoms with Gasteiger partial charge in [0.15, 0.2) is 5.75 Å². The molecule has 0 aliphatic rings. The summed E-state index contributed by atoms with van der Waals surface area (Å²) in [5, 5.41) is 0.866. The number of esters is 1. The van der Waals surface area contributed by atoms with Crippen molar-refractivity contribution in [2.75, 3.05) is 14.2 Å². The van der Waals surface area contributed by atoms with E-state index in [0.29, 0.717) is 23.3 Å². The summed E-state index contributed by atoms with van der Waals surface area (Å²) in [4.78, 5) is 17.0. The van der Waals surface area contributed by atoms with E-state index in [2.05, 4.69) is 4.98 Å². The monoisotopic (exact) mass is 401 g/mol. The lowest BCUT2D eigenvalue weighted by molar-refractivity contribution is 0.0597. The van der Waals surface area contributed by atoms with E-state index in [4.69, 9.17) is 9.47 Å². The van der Waals surface area contributed by atoms with Crippen LogP contribution in [0.4, 0.5) is 4.39 Å². The lowest BCUT2D eigenvalue weighted by Crippen LogP contribution is -2.06. The van der Waals surface area contributed by atoms with Crippen LogP contribution in [0.5, 0.6) is 5.75 Å². The minimum Gasteiger partial charge on any atom is -0.494 e. The van der Waals surface area contributed by atoms with E-state index in [1.807, 2.05) is 36.4 Å². The standard InChI is InChI=1S/C25H20FNO3/c1-29-24-22(25(28)30-2)14-20(18-6-4-3-5-7-18)21-13-17(15-27-23(21)24)12-16-8-10-19(26)11-9-16/h3-11,13-15H,12H2,1-2H3. The molecule has 0 aliphatic carbocycles. The summed E-state index contributed by atoms with van der Waals surface area (Å²) in [6.07, 6.45) is 2.36. The Kier molecular flexibility index (Phi) is 5.44. The fourth-order valence-corrected chi connectivity index (χ4v) is 3.57. The van der Waals surface area contributed by atoms with Crippen molar-refractivity contribution < 1.29 is 18.7 Å². The molecule has 3 aromatic carbocycles. The number of methoxy groups -OCH3 is 2. The molecular formula is C25H20FNO3. The van der Waals surface area contributed by atoms with Gasteiger partial charge in [-0.2, -0.15) is 0 Å². The van der Waals surface area contributed by atoms with Crippen molar-refractivity contribution in [2.45, 2.75) is 6.42 Å². The first-order valence-electron chi connectivity index (χ1n) is 9.48. The molecule has 0 atom stereocenters. The van der Waals surface area contributed by atoms with E-state index in [1.165, 1.54) is 26.4 Å². The van der Waals surface area contributed by atoms with Gasteiger partial charge in [-0.05, 0) is 52.9 Å². The summed E-state index contributed by atoms with van der Waals surface area (Å²) < 4.78 is 23.7. The van der Waals surface area contributed by atoms with Gasteiger partial charge in [-0.15, -0.1) is 0 Å². The summed E-state index contributed by atoms with van der Waals surface area (Å²) in [5.74, 6) is -0.366. The molecule has 0 saturated heterocycles. The minimum atomic E-state index is -0.483. The Morgan fingerprint density at radius 2 is 1.70 bits per heavy atom. The maximum Gasteiger partial charge on any atom is 0.341 e. The second-order valence-corrected chi connectivity index (χ2v) is 6.91. The van der Waals surface area contributed by atoms with Crippen LogP contribution in [0.25, 0.3) is 22.0 Å². The Hall–Kier alpha value is -3.73. The lowest BCUT2D eigenvalue weighted by Gasteiger charge is -2.15. The lowest BCUT2D eigenvalue weighted by atomic mass is 9.95. The van der Waals surface area contributed by atoms with E-state index >= 15 is 0 Å². The molecule has 0 saturated carbocycles. The van der Waals surface area contributed by atoms with Crippen LogP contribution in [0.3, 0.4) is 0 Å². The quantitative estimate of drug-likeness (QED) is 0.419. The number of hydrogen-bond acceptors (Lipinski definition) is 4. The largest absolute Gasteiger partial charge is 0.494 e. The van der Waals surface area contributed by atoms with E-state index in [-0.39, 0.29) is 5.82 Å². The van der Waals surface area contributed by atoms with E-state index in [0.717, 1.165) is 27.6 Å². The highest BCUT2D eigenvalue weighted by molar-refractivity contribution is 6.06. The van der Waals surface area contributed by atoms with Gasteiger partial charge < -0.3 is 9.47 Å². The number of rotatable bonds is 5. The number of nitrogens with zero attached hydrogens (tertiary/aromatic N) is 1. The molecule has 0 amide bonds. The summed E-state index contributed by atoms with van der Waals surface area (Å²) >= 11 is 0. The van der Waals surface area contributed by atoms with E-state index in [1.54, 1.807) is 24.4 Å². The van der Waals surface area contributed by atoms with Gasteiger partial charge in [0.1, 0.15) is 16.9 Å². The highest BCUT2D eigenvalue weighted by Gasteiger charge is 2.21. The second-order valence-electron chi connectivity index (χ2n) is 6.91. The molecule has 5 heteroatoms. The Balaban J connectivity index is 1.92. The van der Waals surface area contributed by atoms with Gasteiger partial charge in [0.05, 0.1) is 14.2 Å². The molecule has 30 heavy (non-hydrogen) atoms. The van der Waals surface area contributed by atoms with Crippen molar-refractivity contribution in [3.63, 3.8) is 0 Å². The fourth-order valence-electron chi connectivity index (χ4n) is 3.57. The van der Waals surface area contributed by atoms with Crippen LogP contribution in [0.15, 0.2) is 72.9 Å². The molecule has 0 N–H and O–H groups in total. The van der Waals surface area contributed by atoms with Gasteiger partial charge in [-0.1, -0.05) is 42.5 Å². The van der Waals surface area contributed by atoms with Gasteiger partial charge in [-0.25, -0.2) is 9.18 Å². The molecule has 1 aromatic heterocycles. The fraction of sp³-hybridized carbons (Fsp3) is 0.120. The smallest absolute Gasteiger partial charge is 0.341 e. The zero-order valence-electron chi connectivity index (χ0n) is 16.7. The predicted molar refractivity (Wildman–Crippen MR) is 114 cm³/mol. The average molecular weight is 401 g/mol. The van der Waals surface area contributed by atoms with Gasteiger partial charge in [0.2, 0.25) is 0 Å². The number of hydrogen-bond donors (Lipinski definition) is 0. The zero-order valence-corrected chi connectivity index (χ0v) is 16.7. The summed E-state index contributed by atoms with van der Waals surface area (Å²) in [7, 11) is 2.85. The third-order valence-corrected chi connectivity index (χ3v) is 5.00. The van der Waals surface area contributed by atoms with Gasteiger partial charge in [0.25, 0.3) is 0 Å². The Labute approximate surface area is 173 Å². The van der Waals surface area contributed by atoms with Crippen LogP contribution in [0, 0.1) is 5.82 Å². The normalized spacial score (nSPS) is 10.8. The van der Waals surface area contributed by atoms with E-state index in [9.17, 15) is 9.18 Å². The molecule has 4 aromatic rings. The molecular weight excluding hydrogens is 381 g/mol. The first kappa shape index (κ1) is 19.6. The van der Waals surface area contributed by atoms with Gasteiger partial charge in [-0.3, -0.25) is 4.98 Å². The van der Waals surface area contributed by atoms with Crippen molar-refractivity contribution in [3.8, 4) is 16.9 Å². The summed E-state index contributed by atoms with van der Waals surface area (Å²) in [5.41, 5.74) is 4.68. The van der Waals surface area contributed by atoms with Crippen LogP contribution in [-0.4, -0.2) is 25.2 Å². The first-order chi connectivity index (χ1) is 14.6. The predicted octanol–water partition coefficient (Wildman–Crippen LogP) is 5.43. The third-order valence-electron chi connectivity index (χ3n) is 5.00. The van der Waals surface area contributed by atoms with Crippen LogP contribution >= 0.6 is 0 Å². The summed E-state index contributed by atoms with van der Waals surface area (Å²) in [6.45, 7) is 0. The zero-order chi connectivity index (χ0) is 21.1. The molecule has 0 aliphatic heterocycles. The van der Waals surface area contributed by atoms with Crippen LogP contribution in [0.2, 0.25) is 0 Å². The third kappa shape index (κ3) is 3.74. The molecule has 150 valence electrons. The van der Waals surface area contributed by atoms with Crippen molar-refractivity contribution in [1.29, 1.82) is 0 Å². The van der Waals surface area contributed by atoms with Crippen molar-refractivity contribution in [1.82, 2.24) is 4.98 Å². The van der Waals surface area contributed by atoms with E-state index < -0.39 is 5.97 Å². The SMILES string of the molecule is COC(=O)c1cc(-c2ccccc2)c2cc(Cc3ccc(F)cc3)cnc2c1OC. The number of fused-ring (bicyclic) bond motifs is 1. The topological polar surface area (TPSA) is 48.4 Å². The molecule has 0 bridgehead atoms. The van der Waals surface area contributed by atoms with Crippen molar-refractivity contribution in [3.05, 3.63) is 95.4 Å². The second kappa shape index (κ2) is 8.33. The Morgan fingerprint density at radius 1 is 0.967 bits per heavy atom. The molecule has 0 unspecified atom stereocenters. The van der Waals surface area contributed by atoms with Crippen LogP contribution < -0.4 is 4.74 Å². The minimum absolute atomic E-state index is 0.262. The number of carbonyl (C=O) groups is 1. The number of carbonyl (C=O) groups excluding carboxylic acids is 1. The highest BCUT2D eigenvalue weighted by Crippen LogP contribution is 2.37. The average Bonchev–Trinajstić information content (AvgIpc) is 2.79. The number of halogens is 1.